The molecule has 1 heterocycles. The van der Waals surface area contributed by atoms with Crippen LogP contribution in [0.25, 0.3) is 11.0 Å². The molecular formula is C11H14N4O2. The first kappa shape index (κ1) is 11.7. The molecule has 0 spiro atoms. The molecule has 0 atom stereocenters. The van der Waals surface area contributed by atoms with Crippen LogP contribution < -0.4 is 4.90 Å². The quantitative estimate of drug-likeness (QED) is 0.746. The number of hydrogen-bond donors (Lipinski definition) is 2. The third kappa shape index (κ3) is 2.66. The van der Waals surface area contributed by atoms with Gasteiger partial charge in [-0.3, -0.25) is 0 Å². The highest BCUT2D eigenvalue weighted by atomic mass is 16.3. The van der Waals surface area contributed by atoms with Crippen LogP contribution in [0.15, 0.2) is 24.3 Å². The van der Waals surface area contributed by atoms with Gasteiger partial charge in [0.25, 0.3) is 0 Å². The largest absolute Gasteiger partial charge is 0.395 e. The number of aliphatic hydroxyl groups excluding tert-OH is 2. The Bertz CT molecular complexity index is 486. The van der Waals surface area contributed by atoms with Crippen LogP contribution in [-0.4, -0.2) is 51.7 Å². The Morgan fingerprint density at radius 1 is 0.941 bits per heavy atom. The molecule has 0 unspecified atom stereocenters. The highest BCUT2D eigenvalue weighted by Crippen LogP contribution is 2.11. The summed E-state index contributed by atoms with van der Waals surface area (Å²) in [5.74, 6) is 0.423. The topological polar surface area (TPSA) is 82.4 Å². The van der Waals surface area contributed by atoms with Crippen molar-refractivity contribution in [2.75, 3.05) is 31.2 Å². The van der Waals surface area contributed by atoms with E-state index in [-0.39, 0.29) is 13.2 Å². The third-order valence-electron chi connectivity index (χ3n) is 2.37. The molecule has 6 nitrogen and oxygen atoms in total. The van der Waals surface area contributed by atoms with Gasteiger partial charge in [-0.2, -0.15) is 0 Å². The molecule has 2 N–H and O–H groups in total. The van der Waals surface area contributed by atoms with E-state index in [0.717, 1.165) is 11.0 Å². The van der Waals surface area contributed by atoms with Crippen LogP contribution in [0.1, 0.15) is 0 Å². The molecule has 0 aliphatic carbocycles. The predicted octanol–water partition coefficient (Wildman–Crippen LogP) is -0.184. The van der Waals surface area contributed by atoms with E-state index in [1.54, 1.807) is 4.90 Å². The summed E-state index contributed by atoms with van der Waals surface area (Å²) in [6, 6.07) is 7.44. The average Bonchev–Trinajstić information content (AvgIpc) is 2.38. The first-order chi connectivity index (χ1) is 8.35. The number of hydrogen-bond acceptors (Lipinski definition) is 6. The number of fused-ring (bicyclic) bond motifs is 1. The van der Waals surface area contributed by atoms with Crippen molar-refractivity contribution in [3.8, 4) is 0 Å². The summed E-state index contributed by atoms with van der Waals surface area (Å²) in [6.45, 7) is 0.716. The van der Waals surface area contributed by atoms with E-state index < -0.39 is 0 Å². The van der Waals surface area contributed by atoms with Crippen molar-refractivity contribution in [3.05, 3.63) is 24.3 Å². The molecular weight excluding hydrogens is 220 g/mol. The van der Waals surface area contributed by atoms with Gasteiger partial charge in [0.15, 0.2) is 0 Å². The van der Waals surface area contributed by atoms with Crippen molar-refractivity contribution < 1.29 is 10.2 Å². The Labute approximate surface area is 98.5 Å². The summed E-state index contributed by atoms with van der Waals surface area (Å²) in [7, 11) is 0. The SMILES string of the molecule is OCCN(CCO)c1nnc2ccccc2n1. The zero-order chi connectivity index (χ0) is 12.1. The fourth-order valence-electron chi connectivity index (χ4n) is 1.56. The fraction of sp³-hybridized carbons (Fsp3) is 0.364. The average molecular weight is 234 g/mol. The number of benzene rings is 1. The Kier molecular flexibility index (Phi) is 3.79. The highest BCUT2D eigenvalue weighted by molar-refractivity contribution is 5.74. The zero-order valence-electron chi connectivity index (χ0n) is 9.32. The number of nitrogens with zero attached hydrogens (tertiary/aromatic N) is 4. The second kappa shape index (κ2) is 5.51. The Morgan fingerprint density at radius 3 is 2.24 bits per heavy atom. The minimum absolute atomic E-state index is 0.0177. The lowest BCUT2D eigenvalue weighted by Crippen LogP contribution is -2.31. The first-order valence-corrected chi connectivity index (χ1v) is 5.41. The Balaban J connectivity index is 2.32. The van der Waals surface area contributed by atoms with Crippen LogP contribution in [0.4, 0.5) is 5.95 Å². The Hall–Kier alpha value is -1.79. The summed E-state index contributed by atoms with van der Waals surface area (Å²) >= 11 is 0. The highest BCUT2D eigenvalue weighted by Gasteiger charge is 2.09. The van der Waals surface area contributed by atoms with E-state index in [0.29, 0.717) is 19.0 Å². The summed E-state index contributed by atoms with van der Waals surface area (Å²) < 4.78 is 0. The maximum atomic E-state index is 8.94. The van der Waals surface area contributed by atoms with Gasteiger partial charge in [-0.25, -0.2) is 4.98 Å². The zero-order valence-corrected chi connectivity index (χ0v) is 9.32. The van der Waals surface area contributed by atoms with E-state index in [9.17, 15) is 0 Å². The molecule has 0 fully saturated rings. The molecule has 0 saturated heterocycles. The number of aromatic nitrogens is 3. The minimum Gasteiger partial charge on any atom is -0.395 e. The van der Waals surface area contributed by atoms with Crippen molar-refractivity contribution in [2.24, 2.45) is 0 Å². The van der Waals surface area contributed by atoms with E-state index >= 15 is 0 Å². The Morgan fingerprint density at radius 2 is 1.59 bits per heavy atom. The van der Waals surface area contributed by atoms with Gasteiger partial charge in [0.2, 0.25) is 5.95 Å². The van der Waals surface area contributed by atoms with Gasteiger partial charge in [0.1, 0.15) is 5.52 Å². The summed E-state index contributed by atoms with van der Waals surface area (Å²) in [5.41, 5.74) is 1.47. The van der Waals surface area contributed by atoms with Crippen LogP contribution >= 0.6 is 0 Å². The van der Waals surface area contributed by atoms with Crippen molar-refractivity contribution in [2.45, 2.75) is 0 Å². The van der Waals surface area contributed by atoms with Gasteiger partial charge in [0.05, 0.1) is 18.7 Å². The van der Waals surface area contributed by atoms with E-state index in [1.165, 1.54) is 0 Å². The van der Waals surface area contributed by atoms with E-state index in [1.807, 2.05) is 24.3 Å². The normalized spacial score (nSPS) is 10.7. The number of anilines is 1. The van der Waals surface area contributed by atoms with Gasteiger partial charge in [-0.15, -0.1) is 10.2 Å². The lowest BCUT2D eigenvalue weighted by atomic mass is 10.3. The van der Waals surface area contributed by atoms with Crippen LogP contribution in [0.2, 0.25) is 0 Å². The monoisotopic (exact) mass is 234 g/mol. The molecule has 2 rings (SSSR count). The molecule has 0 amide bonds. The molecule has 2 aromatic rings. The fourth-order valence-corrected chi connectivity index (χ4v) is 1.56. The molecule has 0 aliphatic heterocycles. The molecule has 17 heavy (non-hydrogen) atoms. The van der Waals surface area contributed by atoms with Gasteiger partial charge < -0.3 is 15.1 Å². The van der Waals surface area contributed by atoms with Crippen molar-refractivity contribution in [1.82, 2.24) is 15.2 Å². The summed E-state index contributed by atoms with van der Waals surface area (Å²) in [5, 5.41) is 25.9. The maximum absolute atomic E-state index is 8.94. The second-order valence-electron chi connectivity index (χ2n) is 3.53. The van der Waals surface area contributed by atoms with Crippen LogP contribution in [-0.2, 0) is 0 Å². The molecule has 0 bridgehead atoms. The van der Waals surface area contributed by atoms with Gasteiger partial charge in [0, 0.05) is 13.1 Å². The van der Waals surface area contributed by atoms with Crippen molar-refractivity contribution >= 4 is 17.0 Å². The van der Waals surface area contributed by atoms with Crippen molar-refractivity contribution in [1.29, 1.82) is 0 Å². The molecule has 90 valence electrons. The molecule has 1 aromatic carbocycles. The number of aliphatic hydroxyl groups is 2. The van der Waals surface area contributed by atoms with Gasteiger partial charge in [-0.05, 0) is 12.1 Å². The standard InChI is InChI=1S/C11H14N4O2/c16-7-5-15(6-8-17)11-12-9-3-1-2-4-10(9)13-14-11/h1-4,16-17H,5-8H2. The minimum atomic E-state index is -0.0177. The lowest BCUT2D eigenvalue weighted by molar-refractivity contribution is 0.280. The van der Waals surface area contributed by atoms with Gasteiger partial charge in [-0.1, -0.05) is 12.1 Å². The first-order valence-electron chi connectivity index (χ1n) is 5.41. The summed E-state index contributed by atoms with van der Waals surface area (Å²) in [6.07, 6.45) is 0. The second-order valence-corrected chi connectivity index (χ2v) is 3.53. The van der Waals surface area contributed by atoms with Crippen molar-refractivity contribution in [3.63, 3.8) is 0 Å². The third-order valence-corrected chi connectivity index (χ3v) is 2.37. The lowest BCUT2D eigenvalue weighted by Gasteiger charge is -2.19. The smallest absolute Gasteiger partial charge is 0.246 e. The van der Waals surface area contributed by atoms with Crippen LogP contribution in [0.3, 0.4) is 0 Å². The van der Waals surface area contributed by atoms with E-state index in [4.69, 9.17) is 10.2 Å². The predicted molar refractivity (Wildman–Crippen MR) is 63.7 cm³/mol. The molecule has 0 radical (unpaired) electrons. The molecule has 0 saturated carbocycles. The van der Waals surface area contributed by atoms with E-state index in [2.05, 4.69) is 15.2 Å². The van der Waals surface area contributed by atoms with Crippen LogP contribution in [0, 0.1) is 0 Å². The molecule has 1 aromatic heterocycles. The molecule has 0 aliphatic rings. The van der Waals surface area contributed by atoms with Crippen LogP contribution in [0.5, 0.6) is 0 Å². The van der Waals surface area contributed by atoms with Gasteiger partial charge >= 0.3 is 0 Å². The number of rotatable bonds is 5. The molecule has 6 heteroatoms. The summed E-state index contributed by atoms with van der Waals surface area (Å²) in [4.78, 5) is 6.04. The number of para-hydroxylation sites is 1. The maximum Gasteiger partial charge on any atom is 0.246 e.